The van der Waals surface area contributed by atoms with E-state index in [4.69, 9.17) is 18.9 Å². The lowest BCUT2D eigenvalue weighted by molar-refractivity contribution is -0.176. The van der Waals surface area contributed by atoms with Gasteiger partial charge < -0.3 is 47.7 Å². The van der Waals surface area contributed by atoms with Crippen molar-refractivity contribution in [2.45, 2.75) is 169 Å². The van der Waals surface area contributed by atoms with Crippen molar-refractivity contribution in [1.29, 1.82) is 0 Å². The zero-order valence-electron chi connectivity index (χ0n) is 54.0. The van der Waals surface area contributed by atoms with Crippen LogP contribution in [0.1, 0.15) is 117 Å². The fourth-order valence-electron chi connectivity index (χ4n) is 10.8. The Morgan fingerprint density at radius 3 is 1.00 bits per heavy atom. The van der Waals surface area contributed by atoms with Crippen LogP contribution in [0.2, 0.25) is 0 Å². The maximum atomic E-state index is 15.2. The number of carbonyl (C=O) groups excluding carboxylic acids is 8. The molecule has 24 heteroatoms. The number of nitrogens with zero attached hydrogens (tertiary/aromatic N) is 10. The summed E-state index contributed by atoms with van der Waals surface area (Å²) in [4.78, 5) is 142. The summed E-state index contributed by atoms with van der Waals surface area (Å²) in [5.74, 6) is -6.05. The second kappa shape index (κ2) is 31.6. The fraction of sp³-hybridized carbons (Fsp3) is 0.515. The number of thiazole rings is 2. The van der Waals surface area contributed by atoms with Gasteiger partial charge in [0.05, 0.1) is 20.8 Å². The molecule has 7 rings (SSSR count). The number of cyclic esters (lactones) is 4. The van der Waals surface area contributed by atoms with Gasteiger partial charge in [0.25, 0.3) is 23.6 Å². The predicted molar refractivity (Wildman–Crippen MR) is 340 cm³/mol. The van der Waals surface area contributed by atoms with Crippen LogP contribution in [-0.4, -0.2) is 173 Å². The molecule has 8 atom stereocenters. The molecular weight excluding hydrogens is 1190 g/mol. The summed E-state index contributed by atoms with van der Waals surface area (Å²) in [7, 11) is 5.58. The third kappa shape index (κ3) is 18.1. The molecule has 2 aromatic carbocycles. The van der Waals surface area contributed by atoms with Crippen LogP contribution in [0.15, 0.2) is 96.7 Å². The first-order chi connectivity index (χ1) is 42.7. The van der Waals surface area contributed by atoms with E-state index in [0.717, 1.165) is 52.1 Å². The van der Waals surface area contributed by atoms with E-state index >= 15 is 9.59 Å². The lowest BCUT2D eigenvalue weighted by Crippen LogP contribution is -2.55. The maximum Gasteiger partial charge on any atom is 0.329 e. The van der Waals surface area contributed by atoms with E-state index in [1.165, 1.54) is 64.7 Å². The number of carbonyl (C=O) groups is 8. The van der Waals surface area contributed by atoms with Gasteiger partial charge in [-0.1, -0.05) is 104 Å². The first-order valence-electron chi connectivity index (χ1n) is 30.5. The second-order valence-corrected chi connectivity index (χ2v) is 26.7. The summed E-state index contributed by atoms with van der Waals surface area (Å²) in [6.07, 6.45) is 4.53. The van der Waals surface area contributed by atoms with Crippen molar-refractivity contribution in [3.8, 4) is 21.4 Å². The minimum atomic E-state index is -1.56. The molecular formula is C66H86N10O12S2. The number of esters is 4. The summed E-state index contributed by atoms with van der Waals surface area (Å²) in [5.41, 5.74) is 6.50. The number of ether oxygens (including phenoxy) is 4. The Labute approximate surface area is 535 Å². The molecule has 484 valence electrons. The molecule has 1 aliphatic rings. The summed E-state index contributed by atoms with van der Waals surface area (Å²) in [5, 5.41) is 0. The molecule has 4 aromatic heterocycles. The van der Waals surface area contributed by atoms with Gasteiger partial charge >= 0.3 is 23.9 Å². The smallest absolute Gasteiger partial charge is 0.329 e. The van der Waals surface area contributed by atoms with Crippen molar-refractivity contribution < 1.29 is 57.3 Å². The average molecular weight is 1280 g/mol. The predicted octanol–water partition coefficient (Wildman–Crippen LogP) is 8.40. The van der Waals surface area contributed by atoms with Crippen LogP contribution in [0, 0.1) is 23.7 Å². The lowest BCUT2D eigenvalue weighted by atomic mass is 9.99. The van der Waals surface area contributed by atoms with E-state index < -0.39 is 96.1 Å². The van der Waals surface area contributed by atoms with E-state index in [1.807, 2.05) is 125 Å². The Kier molecular flexibility index (Phi) is 24.3. The van der Waals surface area contributed by atoms with E-state index in [0.29, 0.717) is 24.2 Å². The quantitative estimate of drug-likeness (QED) is 0.0579. The molecule has 0 N–H and O–H groups in total. The van der Waals surface area contributed by atoms with Gasteiger partial charge in [-0.2, -0.15) is 0 Å². The molecule has 5 heterocycles. The lowest BCUT2D eigenvalue weighted by Gasteiger charge is -2.35. The molecule has 0 aliphatic carbocycles. The third-order valence-corrected chi connectivity index (χ3v) is 17.3. The SMILES string of the molecule is CC(C)C[C@H]1C(=O)O[C@H](Cc2ccc(Cn3ccnc3-c3cncs3)cc2)C(=O)N(C)[C@@H](CC(C)C)C(=O)O[C@H](C)C(=O)N(C)[C@@H](CC(C)C)C(=O)O[C@H](Cc2ccc(Cn3ccnc3-c3cncs3)cc2)C(=O)N(C)[C@@H](CC(C)C)C(=O)O[C@H](C)C(=O)N1C. The van der Waals surface area contributed by atoms with Gasteiger partial charge in [0, 0.05) is 91.3 Å². The number of aromatic nitrogens is 6. The van der Waals surface area contributed by atoms with Crippen molar-refractivity contribution in [1.82, 2.24) is 48.7 Å². The monoisotopic (exact) mass is 1270 g/mol. The van der Waals surface area contributed by atoms with E-state index in [9.17, 15) is 28.8 Å². The first kappa shape index (κ1) is 69.4. The molecule has 0 spiro atoms. The van der Waals surface area contributed by atoms with E-state index in [1.54, 1.807) is 35.8 Å². The van der Waals surface area contributed by atoms with Crippen LogP contribution in [0.5, 0.6) is 0 Å². The molecule has 1 aliphatic heterocycles. The molecule has 1 saturated heterocycles. The second-order valence-electron chi connectivity index (χ2n) is 24.9. The van der Waals surface area contributed by atoms with Crippen LogP contribution < -0.4 is 0 Å². The Morgan fingerprint density at radius 2 is 0.711 bits per heavy atom. The van der Waals surface area contributed by atoms with Gasteiger partial charge in [-0.25, -0.2) is 29.1 Å². The van der Waals surface area contributed by atoms with Gasteiger partial charge in [0.1, 0.15) is 24.2 Å². The largest absolute Gasteiger partial charge is 0.451 e. The average Bonchev–Trinajstić information content (AvgIpc) is 2.75. The summed E-state index contributed by atoms with van der Waals surface area (Å²) >= 11 is 2.94. The Balaban J connectivity index is 1.24. The zero-order chi connectivity index (χ0) is 65.7. The number of likely N-dealkylation sites (N-methyl/N-ethyl adjacent to an activating group) is 4. The Bertz CT molecular complexity index is 3140. The molecule has 0 saturated carbocycles. The highest BCUT2D eigenvalue weighted by molar-refractivity contribution is 7.13. The molecule has 6 aromatic rings. The molecule has 90 heavy (non-hydrogen) atoms. The first-order valence-corrected chi connectivity index (χ1v) is 32.3. The van der Waals surface area contributed by atoms with Crippen LogP contribution >= 0.6 is 22.7 Å². The topological polar surface area (TPSA) is 248 Å². The fourth-order valence-corrected chi connectivity index (χ4v) is 12.1. The highest BCUT2D eigenvalue weighted by Gasteiger charge is 2.43. The molecule has 1 fully saturated rings. The highest BCUT2D eigenvalue weighted by Crippen LogP contribution is 2.28. The number of benzene rings is 2. The normalized spacial score (nSPS) is 22.0. The van der Waals surface area contributed by atoms with Gasteiger partial charge in [-0.05, 0) is 85.5 Å². The maximum absolute atomic E-state index is 15.2. The van der Waals surface area contributed by atoms with Crippen molar-refractivity contribution in [2.75, 3.05) is 28.2 Å². The van der Waals surface area contributed by atoms with Crippen molar-refractivity contribution in [2.24, 2.45) is 23.7 Å². The van der Waals surface area contributed by atoms with E-state index in [-0.39, 0.29) is 62.2 Å². The Hall–Kier alpha value is -8.12. The van der Waals surface area contributed by atoms with Gasteiger partial charge in [0.2, 0.25) is 0 Å². The van der Waals surface area contributed by atoms with Gasteiger partial charge in [-0.15, -0.1) is 22.7 Å². The van der Waals surface area contributed by atoms with Crippen molar-refractivity contribution >= 4 is 70.2 Å². The van der Waals surface area contributed by atoms with Crippen molar-refractivity contribution in [3.63, 3.8) is 0 Å². The Morgan fingerprint density at radius 1 is 0.422 bits per heavy atom. The van der Waals surface area contributed by atoms with E-state index in [2.05, 4.69) is 19.9 Å². The molecule has 22 nitrogen and oxygen atoms in total. The van der Waals surface area contributed by atoms with Crippen LogP contribution in [0.4, 0.5) is 0 Å². The standard InChI is InChI=1S/C66H86N10O12S2/c1-39(2)27-49-63(81)85-43(9)59(77)71(11)52(30-42(7)8)66(84)88-54(32-46-17-21-48(22-18-46)36-76-26-24-70-58(76)56-34-68-38-90-56)62(80)74(14)50(28-40(3)4)64(82)86-44(10)60(78)72(12)51(29-41(5)6)65(83)87-53(61(79)73(49)13)31-45-15-19-47(20-16-45)35-75-25-23-69-57(75)55-33-67-37-89-55/h15-26,33-34,37-44,49-54H,27-32,35-36H2,1-14H3/t43-,44-,49+,50+,51+,52+,53-,54-/m1/s1. The number of hydrogen-bond acceptors (Lipinski definition) is 18. The molecule has 0 bridgehead atoms. The minimum Gasteiger partial charge on any atom is -0.451 e. The highest BCUT2D eigenvalue weighted by atomic mass is 32.1. The number of imidazole rings is 2. The number of rotatable bonds is 18. The summed E-state index contributed by atoms with van der Waals surface area (Å²) < 4.78 is 28.4. The van der Waals surface area contributed by atoms with Crippen LogP contribution in [0.3, 0.4) is 0 Å². The number of amides is 4. The van der Waals surface area contributed by atoms with Crippen LogP contribution in [0.25, 0.3) is 21.4 Å². The van der Waals surface area contributed by atoms with Gasteiger partial charge in [-0.3, -0.25) is 29.1 Å². The molecule has 4 amide bonds. The minimum absolute atomic E-state index is 0.0702. The third-order valence-electron chi connectivity index (χ3n) is 15.8. The van der Waals surface area contributed by atoms with Crippen LogP contribution in [-0.2, 0) is 83.2 Å². The zero-order valence-corrected chi connectivity index (χ0v) is 55.6. The molecule has 0 radical (unpaired) electrons. The summed E-state index contributed by atoms with van der Waals surface area (Å²) in [6.45, 7) is 18.5. The summed E-state index contributed by atoms with van der Waals surface area (Å²) in [6, 6.07) is 9.61. The molecule has 0 unspecified atom stereocenters. The van der Waals surface area contributed by atoms with Gasteiger partial charge in [0.15, 0.2) is 36.1 Å². The van der Waals surface area contributed by atoms with Crippen molar-refractivity contribution in [3.05, 3.63) is 119 Å². The number of hydrogen-bond donors (Lipinski definition) is 0.